The van der Waals surface area contributed by atoms with Crippen LogP contribution in [0, 0.1) is 4.64 Å². The molecular weight excluding hydrogens is 184 g/mol. The Morgan fingerprint density at radius 1 is 1.69 bits per heavy atom. The van der Waals surface area contributed by atoms with Gasteiger partial charge in [-0.3, -0.25) is 0 Å². The molecule has 0 aliphatic carbocycles. The van der Waals surface area contributed by atoms with Gasteiger partial charge in [0.05, 0.1) is 6.33 Å². The lowest BCUT2D eigenvalue weighted by atomic mass is 10.3. The summed E-state index contributed by atoms with van der Waals surface area (Å²) >= 11 is 4.92. The Kier molecular flexibility index (Phi) is 3.70. The highest BCUT2D eigenvalue weighted by atomic mass is 32.1. The average molecular weight is 198 g/mol. The summed E-state index contributed by atoms with van der Waals surface area (Å²) in [4.78, 5) is 6.78. The van der Waals surface area contributed by atoms with Gasteiger partial charge < -0.3 is 16.0 Å². The van der Waals surface area contributed by atoms with Gasteiger partial charge in [-0.2, -0.15) is 0 Å². The van der Waals surface area contributed by atoms with Crippen molar-refractivity contribution in [2.75, 3.05) is 17.6 Å². The third kappa shape index (κ3) is 2.69. The maximum atomic E-state index is 5.70. The number of nitrogen functional groups attached to an aromatic ring is 1. The van der Waals surface area contributed by atoms with Crippen LogP contribution in [0.2, 0.25) is 0 Å². The molecule has 0 unspecified atom stereocenters. The molecule has 0 radical (unpaired) electrons. The number of nitrogens with one attached hydrogen (secondary N) is 2. The van der Waals surface area contributed by atoms with Crippen LogP contribution in [0.25, 0.3) is 0 Å². The quantitative estimate of drug-likeness (QED) is 0.511. The Hall–Kier alpha value is -1.10. The van der Waals surface area contributed by atoms with Gasteiger partial charge in [0, 0.05) is 6.54 Å². The van der Waals surface area contributed by atoms with Crippen molar-refractivity contribution in [1.82, 2.24) is 9.97 Å². The van der Waals surface area contributed by atoms with Gasteiger partial charge in [-0.1, -0.05) is 25.6 Å². The predicted octanol–water partition coefficient (Wildman–Crippen LogP) is 1.93. The molecule has 0 aliphatic heterocycles. The summed E-state index contributed by atoms with van der Waals surface area (Å²) in [5.41, 5.74) is 6.23. The lowest BCUT2D eigenvalue weighted by Gasteiger charge is -2.07. The smallest absolute Gasteiger partial charge is 0.154 e. The molecule has 72 valence electrons. The Labute approximate surface area is 82.6 Å². The average Bonchev–Trinajstić information content (AvgIpc) is 2.13. The van der Waals surface area contributed by atoms with Crippen molar-refractivity contribution in [3.8, 4) is 0 Å². The SMILES string of the molecule is CCCCNc1[nH]cnc(=S)c1N. The number of unbranched alkanes of at least 4 members (excludes halogenated alkanes) is 1. The number of aromatic amines is 1. The first-order valence-corrected chi connectivity index (χ1v) is 4.73. The predicted molar refractivity (Wildman–Crippen MR) is 57.2 cm³/mol. The van der Waals surface area contributed by atoms with Crippen LogP contribution in [0.3, 0.4) is 0 Å². The monoisotopic (exact) mass is 198 g/mol. The maximum absolute atomic E-state index is 5.70. The number of H-pyrrole nitrogens is 1. The zero-order valence-electron chi connectivity index (χ0n) is 7.63. The van der Waals surface area contributed by atoms with Gasteiger partial charge in [-0.15, -0.1) is 0 Å². The molecule has 0 atom stereocenters. The summed E-state index contributed by atoms with van der Waals surface area (Å²) in [5, 5.41) is 3.17. The lowest BCUT2D eigenvalue weighted by Crippen LogP contribution is -2.06. The van der Waals surface area contributed by atoms with Crippen molar-refractivity contribution in [2.24, 2.45) is 0 Å². The van der Waals surface area contributed by atoms with E-state index in [1.165, 1.54) is 0 Å². The Balaban J connectivity index is 2.66. The molecule has 4 nitrogen and oxygen atoms in total. The summed E-state index contributed by atoms with van der Waals surface area (Å²) in [7, 11) is 0. The second-order valence-corrected chi connectivity index (χ2v) is 3.16. The molecule has 1 rings (SSSR count). The van der Waals surface area contributed by atoms with Gasteiger partial charge in [0.1, 0.15) is 11.5 Å². The summed E-state index contributed by atoms with van der Waals surface area (Å²) in [6.45, 7) is 3.04. The van der Waals surface area contributed by atoms with Crippen molar-refractivity contribution < 1.29 is 0 Å². The molecule has 0 saturated heterocycles. The fourth-order valence-corrected chi connectivity index (χ4v) is 1.10. The number of anilines is 2. The minimum atomic E-state index is 0.442. The van der Waals surface area contributed by atoms with Gasteiger partial charge in [0.15, 0.2) is 4.64 Å². The molecule has 1 aromatic rings. The molecule has 1 aromatic heterocycles. The first-order chi connectivity index (χ1) is 6.25. The summed E-state index contributed by atoms with van der Waals surface area (Å²) in [6.07, 6.45) is 3.81. The zero-order valence-corrected chi connectivity index (χ0v) is 8.45. The van der Waals surface area contributed by atoms with Crippen LogP contribution in [0.1, 0.15) is 19.8 Å². The molecule has 5 heteroatoms. The first-order valence-electron chi connectivity index (χ1n) is 4.32. The van der Waals surface area contributed by atoms with E-state index < -0.39 is 0 Å². The van der Waals surface area contributed by atoms with Crippen LogP contribution >= 0.6 is 12.2 Å². The van der Waals surface area contributed by atoms with E-state index in [9.17, 15) is 0 Å². The van der Waals surface area contributed by atoms with Gasteiger partial charge in [-0.25, -0.2) is 4.98 Å². The normalized spacial score (nSPS) is 9.92. The summed E-state index contributed by atoms with van der Waals surface area (Å²) in [5.74, 6) is 0.772. The van der Waals surface area contributed by atoms with Crippen molar-refractivity contribution in [3.05, 3.63) is 11.0 Å². The van der Waals surface area contributed by atoms with Gasteiger partial charge in [0.2, 0.25) is 0 Å². The highest BCUT2D eigenvalue weighted by Gasteiger charge is 1.98. The van der Waals surface area contributed by atoms with Crippen LogP contribution in [0.5, 0.6) is 0 Å². The molecule has 0 aliphatic rings. The van der Waals surface area contributed by atoms with Crippen LogP contribution in [-0.2, 0) is 0 Å². The van der Waals surface area contributed by atoms with E-state index in [4.69, 9.17) is 18.0 Å². The van der Waals surface area contributed by atoms with Gasteiger partial charge in [-0.05, 0) is 6.42 Å². The molecule has 13 heavy (non-hydrogen) atoms. The van der Waals surface area contributed by atoms with Crippen LogP contribution in [-0.4, -0.2) is 16.5 Å². The van der Waals surface area contributed by atoms with Gasteiger partial charge in [0.25, 0.3) is 0 Å². The maximum Gasteiger partial charge on any atom is 0.154 e. The van der Waals surface area contributed by atoms with Crippen molar-refractivity contribution in [3.63, 3.8) is 0 Å². The molecule has 4 N–H and O–H groups in total. The third-order valence-corrected chi connectivity index (χ3v) is 2.05. The third-order valence-electron chi connectivity index (χ3n) is 1.72. The van der Waals surface area contributed by atoms with E-state index in [2.05, 4.69) is 22.2 Å². The van der Waals surface area contributed by atoms with E-state index in [1.54, 1.807) is 6.33 Å². The number of nitrogens with zero attached hydrogens (tertiary/aromatic N) is 1. The molecule has 0 spiro atoms. The molecule has 1 heterocycles. The minimum absolute atomic E-state index is 0.442. The number of aromatic nitrogens is 2. The molecular formula is C8H14N4S. The summed E-state index contributed by atoms with van der Waals surface area (Å²) < 4.78 is 0.442. The van der Waals surface area contributed by atoms with E-state index in [0.717, 1.165) is 25.2 Å². The molecule has 0 aromatic carbocycles. The molecule has 0 saturated carbocycles. The van der Waals surface area contributed by atoms with Crippen LogP contribution in [0.4, 0.5) is 11.5 Å². The van der Waals surface area contributed by atoms with E-state index >= 15 is 0 Å². The first kappa shape index (κ1) is 9.98. The number of nitrogens with two attached hydrogens (primary N) is 1. The Morgan fingerprint density at radius 3 is 3.15 bits per heavy atom. The van der Waals surface area contributed by atoms with Crippen molar-refractivity contribution in [2.45, 2.75) is 19.8 Å². The Bertz CT molecular complexity index is 320. The lowest BCUT2D eigenvalue weighted by molar-refractivity contribution is 0.830. The topological polar surface area (TPSA) is 66.7 Å². The van der Waals surface area contributed by atoms with Crippen molar-refractivity contribution in [1.29, 1.82) is 0 Å². The molecule has 0 bridgehead atoms. The second kappa shape index (κ2) is 4.81. The van der Waals surface area contributed by atoms with E-state index in [-0.39, 0.29) is 0 Å². The fourth-order valence-electron chi connectivity index (χ4n) is 0.946. The van der Waals surface area contributed by atoms with Gasteiger partial charge >= 0.3 is 0 Å². The number of hydrogen-bond acceptors (Lipinski definition) is 4. The zero-order chi connectivity index (χ0) is 9.68. The minimum Gasteiger partial charge on any atom is -0.393 e. The highest BCUT2D eigenvalue weighted by Crippen LogP contribution is 2.13. The Morgan fingerprint density at radius 2 is 2.46 bits per heavy atom. The van der Waals surface area contributed by atoms with Crippen molar-refractivity contribution >= 4 is 23.7 Å². The largest absolute Gasteiger partial charge is 0.393 e. The molecule has 0 amide bonds. The standard InChI is InChI=1S/C8H14N4S/c1-2-3-4-10-7-6(9)8(13)12-5-11-7/h5H,2-4,9H2,1H3,(H2,10,11,12,13). The summed E-state index contributed by atoms with van der Waals surface area (Å²) in [6, 6.07) is 0. The molecule has 0 fully saturated rings. The van der Waals surface area contributed by atoms with E-state index in [0.29, 0.717) is 10.3 Å². The van der Waals surface area contributed by atoms with Crippen LogP contribution < -0.4 is 11.1 Å². The van der Waals surface area contributed by atoms with Crippen LogP contribution in [0.15, 0.2) is 6.33 Å². The number of hydrogen-bond donors (Lipinski definition) is 3. The second-order valence-electron chi connectivity index (χ2n) is 2.78. The number of rotatable bonds is 4. The fraction of sp³-hybridized carbons (Fsp3) is 0.500. The van der Waals surface area contributed by atoms with E-state index in [1.807, 2.05) is 0 Å². The highest BCUT2D eigenvalue weighted by molar-refractivity contribution is 7.71.